The topological polar surface area (TPSA) is 55.6 Å². The fraction of sp³-hybridized carbons (Fsp3) is 0.933. The molecule has 1 unspecified atom stereocenters. The number of rotatable bonds is 4. The van der Waals surface area contributed by atoms with Gasteiger partial charge in [0, 0.05) is 12.6 Å². The lowest BCUT2D eigenvalue weighted by molar-refractivity contribution is 0.0212. The molecule has 19 heavy (non-hydrogen) atoms. The van der Waals surface area contributed by atoms with Gasteiger partial charge in [0.05, 0.1) is 0 Å². The Labute approximate surface area is 117 Å². The highest BCUT2D eigenvalue weighted by molar-refractivity contribution is 5.68. The smallest absolute Gasteiger partial charge is 0.410 e. The average Bonchev–Trinajstić information content (AvgIpc) is 2.72. The molecule has 1 aliphatic rings. The van der Waals surface area contributed by atoms with Gasteiger partial charge in [0.15, 0.2) is 0 Å². The van der Waals surface area contributed by atoms with Crippen LogP contribution in [0.25, 0.3) is 0 Å². The van der Waals surface area contributed by atoms with Crippen molar-refractivity contribution in [1.82, 2.24) is 4.90 Å². The van der Waals surface area contributed by atoms with Crippen molar-refractivity contribution in [3.05, 3.63) is 0 Å². The number of hydrogen-bond donors (Lipinski definition) is 1. The number of carbonyl (C=O) groups is 1. The maximum absolute atomic E-state index is 12.1. The molecule has 0 saturated carbocycles. The summed E-state index contributed by atoms with van der Waals surface area (Å²) in [6, 6.07) is 0.320. The van der Waals surface area contributed by atoms with Crippen LogP contribution in [0.1, 0.15) is 60.3 Å². The van der Waals surface area contributed by atoms with Gasteiger partial charge in [-0.15, -0.1) is 0 Å². The fourth-order valence-corrected chi connectivity index (χ4v) is 2.36. The standard InChI is InChI=1S/C15H30N2O2/c1-14(2,3)19-13(18)17-10-6-7-12(17)8-9-15(4,5)11-16/h12H,6-11,16H2,1-5H3. The van der Waals surface area contributed by atoms with Crippen LogP contribution in [-0.4, -0.2) is 35.7 Å². The summed E-state index contributed by atoms with van der Waals surface area (Å²) in [6.45, 7) is 11.6. The molecule has 1 rings (SSSR count). The molecule has 0 radical (unpaired) electrons. The first-order valence-electron chi connectivity index (χ1n) is 7.34. The van der Waals surface area contributed by atoms with E-state index in [1.54, 1.807) is 0 Å². The molecule has 1 atom stereocenters. The number of nitrogens with zero attached hydrogens (tertiary/aromatic N) is 1. The second-order valence-electron chi connectivity index (χ2n) is 7.38. The first kappa shape index (κ1) is 16.3. The minimum absolute atomic E-state index is 0.155. The van der Waals surface area contributed by atoms with Crippen LogP contribution in [0.15, 0.2) is 0 Å². The predicted octanol–water partition coefficient (Wildman–Crippen LogP) is 3.15. The van der Waals surface area contributed by atoms with Gasteiger partial charge in [-0.2, -0.15) is 0 Å². The highest BCUT2D eigenvalue weighted by atomic mass is 16.6. The van der Waals surface area contributed by atoms with Gasteiger partial charge in [-0.05, 0) is 58.4 Å². The maximum atomic E-state index is 12.1. The van der Waals surface area contributed by atoms with Gasteiger partial charge < -0.3 is 15.4 Å². The third-order valence-electron chi connectivity index (χ3n) is 3.71. The number of carbonyl (C=O) groups excluding carboxylic acids is 1. The minimum Gasteiger partial charge on any atom is -0.444 e. The van der Waals surface area contributed by atoms with Crippen LogP contribution in [0.5, 0.6) is 0 Å². The third kappa shape index (κ3) is 5.39. The molecule has 1 heterocycles. The zero-order valence-corrected chi connectivity index (χ0v) is 13.2. The molecular formula is C15H30N2O2. The Morgan fingerprint density at radius 2 is 1.95 bits per heavy atom. The summed E-state index contributed by atoms with van der Waals surface area (Å²) in [5.41, 5.74) is 5.50. The number of likely N-dealkylation sites (tertiary alicyclic amines) is 1. The van der Waals surface area contributed by atoms with E-state index in [0.29, 0.717) is 12.6 Å². The second kappa shape index (κ2) is 6.12. The van der Waals surface area contributed by atoms with Crippen LogP contribution in [0, 0.1) is 5.41 Å². The third-order valence-corrected chi connectivity index (χ3v) is 3.71. The quantitative estimate of drug-likeness (QED) is 0.853. The van der Waals surface area contributed by atoms with E-state index in [2.05, 4.69) is 13.8 Å². The first-order valence-corrected chi connectivity index (χ1v) is 7.34. The van der Waals surface area contributed by atoms with Gasteiger partial charge >= 0.3 is 6.09 Å². The molecule has 1 aliphatic heterocycles. The van der Waals surface area contributed by atoms with Crippen molar-refractivity contribution in [3.8, 4) is 0 Å². The highest BCUT2D eigenvalue weighted by Crippen LogP contribution is 2.28. The van der Waals surface area contributed by atoms with Crippen LogP contribution in [0.4, 0.5) is 4.79 Å². The van der Waals surface area contributed by atoms with Gasteiger partial charge in [-0.1, -0.05) is 13.8 Å². The van der Waals surface area contributed by atoms with E-state index in [1.165, 1.54) is 0 Å². The molecule has 4 nitrogen and oxygen atoms in total. The molecule has 2 N–H and O–H groups in total. The number of ether oxygens (including phenoxy) is 1. The summed E-state index contributed by atoms with van der Waals surface area (Å²) < 4.78 is 5.47. The van der Waals surface area contributed by atoms with Crippen LogP contribution in [-0.2, 0) is 4.74 Å². The van der Waals surface area contributed by atoms with Crippen molar-refractivity contribution in [2.24, 2.45) is 11.1 Å². The summed E-state index contributed by atoms with van der Waals surface area (Å²) in [4.78, 5) is 14.0. The van der Waals surface area contributed by atoms with E-state index >= 15 is 0 Å². The Bertz CT molecular complexity index is 308. The molecular weight excluding hydrogens is 240 g/mol. The molecule has 0 aromatic rings. The summed E-state index contributed by atoms with van der Waals surface area (Å²) in [5.74, 6) is 0. The van der Waals surface area contributed by atoms with Crippen LogP contribution < -0.4 is 5.73 Å². The number of hydrogen-bond acceptors (Lipinski definition) is 3. The lowest BCUT2D eigenvalue weighted by Gasteiger charge is -2.30. The monoisotopic (exact) mass is 270 g/mol. The predicted molar refractivity (Wildman–Crippen MR) is 78.0 cm³/mol. The summed E-state index contributed by atoms with van der Waals surface area (Å²) in [6.07, 6.45) is 4.06. The van der Waals surface area contributed by atoms with Crippen LogP contribution in [0.3, 0.4) is 0 Å². The van der Waals surface area contributed by atoms with Crippen molar-refractivity contribution in [3.63, 3.8) is 0 Å². The van der Waals surface area contributed by atoms with Crippen molar-refractivity contribution in [1.29, 1.82) is 0 Å². The Hall–Kier alpha value is -0.770. The molecule has 1 amide bonds. The van der Waals surface area contributed by atoms with Gasteiger partial charge in [0.1, 0.15) is 5.60 Å². The van der Waals surface area contributed by atoms with Gasteiger partial charge in [-0.3, -0.25) is 0 Å². The van der Waals surface area contributed by atoms with E-state index in [-0.39, 0.29) is 11.5 Å². The lowest BCUT2D eigenvalue weighted by Crippen LogP contribution is -2.40. The SMILES string of the molecule is CC(C)(CN)CCC1CCCN1C(=O)OC(C)(C)C. The average molecular weight is 270 g/mol. The molecule has 0 aromatic carbocycles. The van der Waals surface area contributed by atoms with Gasteiger partial charge in [0.25, 0.3) is 0 Å². The maximum Gasteiger partial charge on any atom is 0.410 e. The minimum atomic E-state index is -0.416. The van der Waals surface area contributed by atoms with Crippen molar-refractivity contribution < 1.29 is 9.53 Å². The Morgan fingerprint density at radius 3 is 2.47 bits per heavy atom. The molecule has 0 aromatic heterocycles. The molecule has 1 fully saturated rings. The molecule has 0 aliphatic carbocycles. The number of amides is 1. The van der Waals surface area contributed by atoms with Gasteiger partial charge in [-0.25, -0.2) is 4.79 Å². The van der Waals surface area contributed by atoms with Gasteiger partial charge in [0.2, 0.25) is 0 Å². The lowest BCUT2D eigenvalue weighted by atomic mass is 9.86. The van der Waals surface area contributed by atoms with Crippen molar-refractivity contribution in [2.45, 2.75) is 71.9 Å². The molecule has 4 heteroatoms. The van der Waals surface area contributed by atoms with E-state index in [9.17, 15) is 4.79 Å². The fourth-order valence-electron chi connectivity index (χ4n) is 2.36. The molecule has 112 valence electrons. The zero-order valence-electron chi connectivity index (χ0n) is 13.2. The van der Waals surface area contributed by atoms with E-state index in [0.717, 1.165) is 32.2 Å². The van der Waals surface area contributed by atoms with Crippen LogP contribution >= 0.6 is 0 Å². The Kier molecular flexibility index (Phi) is 5.25. The van der Waals surface area contributed by atoms with E-state index in [1.807, 2.05) is 25.7 Å². The van der Waals surface area contributed by atoms with E-state index in [4.69, 9.17) is 10.5 Å². The molecule has 1 saturated heterocycles. The van der Waals surface area contributed by atoms with Crippen molar-refractivity contribution in [2.75, 3.05) is 13.1 Å². The number of nitrogens with two attached hydrogens (primary N) is 1. The highest BCUT2D eigenvalue weighted by Gasteiger charge is 2.32. The van der Waals surface area contributed by atoms with Crippen LogP contribution in [0.2, 0.25) is 0 Å². The normalized spacial score (nSPS) is 20.7. The van der Waals surface area contributed by atoms with E-state index < -0.39 is 5.60 Å². The molecule has 0 bridgehead atoms. The first-order chi connectivity index (χ1) is 8.64. The summed E-state index contributed by atoms with van der Waals surface area (Å²) in [5, 5.41) is 0. The Morgan fingerprint density at radius 1 is 1.32 bits per heavy atom. The summed E-state index contributed by atoms with van der Waals surface area (Å²) in [7, 11) is 0. The second-order valence-corrected chi connectivity index (χ2v) is 7.38. The van der Waals surface area contributed by atoms with Crippen molar-refractivity contribution >= 4 is 6.09 Å². The summed E-state index contributed by atoms with van der Waals surface area (Å²) >= 11 is 0. The Balaban J connectivity index is 2.52. The largest absolute Gasteiger partial charge is 0.444 e. The molecule has 0 spiro atoms. The zero-order chi connectivity index (χ0) is 14.7.